The average Bonchev–Trinajstić information content (AvgIpc) is 3.45. The third kappa shape index (κ3) is 11.5. The van der Waals surface area contributed by atoms with Crippen LogP contribution in [0.15, 0.2) is 54.6 Å². The molecule has 2 aromatic carbocycles. The third-order valence-electron chi connectivity index (χ3n) is 7.56. The van der Waals surface area contributed by atoms with Crippen molar-refractivity contribution in [2.75, 3.05) is 13.2 Å². The zero-order valence-corrected chi connectivity index (χ0v) is 28.4. The molecule has 0 spiro atoms. The van der Waals surface area contributed by atoms with Gasteiger partial charge in [0.05, 0.1) is 12.2 Å². The van der Waals surface area contributed by atoms with E-state index in [1.165, 1.54) is 0 Å². The number of nitrogens with one attached hydrogen (secondary N) is 1. The molecule has 4 rings (SSSR count). The molecule has 2 heterocycles. The summed E-state index contributed by atoms with van der Waals surface area (Å²) < 4.78 is 81.1. The molecule has 1 fully saturated rings. The summed E-state index contributed by atoms with van der Waals surface area (Å²) in [6.07, 6.45) is -11.6. The smallest absolute Gasteiger partial charge is 0.433 e. The number of rotatable bonds is 15. The Morgan fingerprint density at radius 3 is 2.00 bits per heavy atom. The molecule has 0 bridgehead atoms. The molecule has 1 N–H and O–H groups in total. The highest BCUT2D eigenvalue weighted by Gasteiger charge is 2.54. The van der Waals surface area contributed by atoms with Crippen molar-refractivity contribution >= 4 is 23.9 Å². The van der Waals surface area contributed by atoms with Crippen LogP contribution in [0.4, 0.5) is 13.2 Å². The van der Waals surface area contributed by atoms with E-state index in [1.807, 2.05) is 35.4 Å². The van der Waals surface area contributed by atoms with Crippen LogP contribution in [0, 0.1) is 0 Å². The van der Waals surface area contributed by atoms with E-state index in [0.717, 1.165) is 45.2 Å². The molecule has 51 heavy (non-hydrogen) atoms. The molecule has 1 aliphatic rings. The van der Waals surface area contributed by atoms with Crippen LogP contribution in [0.1, 0.15) is 62.1 Å². The first-order valence-corrected chi connectivity index (χ1v) is 16.0. The summed E-state index contributed by atoms with van der Waals surface area (Å²) in [7, 11) is 0. The predicted molar refractivity (Wildman–Crippen MR) is 170 cm³/mol. The third-order valence-corrected chi connectivity index (χ3v) is 7.56. The number of esters is 4. The number of carbonyl (C=O) groups is 4. The average molecular weight is 721 g/mol. The number of alkyl halides is 3. The summed E-state index contributed by atoms with van der Waals surface area (Å²) in [6.45, 7) is 4.69. The molecule has 0 unspecified atom stereocenters. The molecule has 276 valence electrons. The van der Waals surface area contributed by atoms with Crippen LogP contribution in [0.2, 0.25) is 0 Å². The van der Waals surface area contributed by atoms with Crippen molar-refractivity contribution in [2.45, 2.75) is 90.4 Å². The molecule has 5 atom stereocenters. The highest BCUT2D eigenvalue weighted by molar-refractivity contribution is 5.68. The van der Waals surface area contributed by atoms with Gasteiger partial charge >= 0.3 is 30.1 Å². The second kappa shape index (κ2) is 17.8. The molecule has 1 aliphatic heterocycles. The molecule has 1 aromatic heterocycles. The monoisotopic (exact) mass is 720 g/mol. The van der Waals surface area contributed by atoms with Crippen LogP contribution < -0.4 is 4.74 Å². The van der Waals surface area contributed by atoms with Gasteiger partial charge in [-0.05, 0) is 29.5 Å². The van der Waals surface area contributed by atoms with E-state index in [0.29, 0.717) is 25.2 Å². The van der Waals surface area contributed by atoms with Crippen molar-refractivity contribution in [1.29, 1.82) is 0 Å². The van der Waals surface area contributed by atoms with Crippen LogP contribution in [-0.2, 0) is 73.2 Å². The maximum absolute atomic E-state index is 14.2. The maximum atomic E-state index is 14.2. The zero-order chi connectivity index (χ0) is 37.1. The lowest BCUT2D eigenvalue weighted by Gasteiger charge is -2.43. The normalized spacial score (nSPS) is 20.3. The Morgan fingerprint density at radius 1 is 0.784 bits per heavy atom. The molecule has 3 aromatic rings. The largest absolute Gasteiger partial charge is 0.463 e. The molecule has 0 radical (unpaired) electrons. The van der Waals surface area contributed by atoms with Gasteiger partial charge in [-0.15, -0.1) is 5.10 Å². The van der Waals surface area contributed by atoms with Gasteiger partial charge in [0.1, 0.15) is 18.4 Å². The summed E-state index contributed by atoms with van der Waals surface area (Å²) in [5, 5.41) is 5.73. The number of ether oxygens (including phenoxy) is 7. The maximum Gasteiger partial charge on any atom is 0.433 e. The Balaban J connectivity index is 1.56. The number of aromatic nitrogens is 2. The van der Waals surface area contributed by atoms with Crippen molar-refractivity contribution < 1.29 is 65.5 Å². The predicted octanol–water partition coefficient (Wildman–Crippen LogP) is 4.63. The fourth-order valence-electron chi connectivity index (χ4n) is 5.41. The summed E-state index contributed by atoms with van der Waals surface area (Å²) in [5.41, 5.74) is 0.939. The number of nitrogens with zero attached hydrogens (tertiary/aromatic N) is 1. The Hall–Kier alpha value is -4.96. The minimum Gasteiger partial charge on any atom is -0.463 e. The van der Waals surface area contributed by atoms with Crippen molar-refractivity contribution in [1.82, 2.24) is 10.2 Å². The fourth-order valence-corrected chi connectivity index (χ4v) is 5.41. The second-order valence-corrected chi connectivity index (χ2v) is 11.7. The van der Waals surface area contributed by atoms with E-state index in [-0.39, 0.29) is 6.42 Å². The molecule has 1 saturated heterocycles. The summed E-state index contributed by atoms with van der Waals surface area (Å²) in [6, 6.07) is 16.7. The number of carbonyl (C=O) groups excluding carboxylic acids is 4. The Kier molecular flexibility index (Phi) is 13.6. The van der Waals surface area contributed by atoms with E-state index < -0.39 is 84.5 Å². The minimum atomic E-state index is -4.87. The summed E-state index contributed by atoms with van der Waals surface area (Å²) >= 11 is 0. The van der Waals surface area contributed by atoms with Crippen molar-refractivity contribution in [3.8, 4) is 5.88 Å². The van der Waals surface area contributed by atoms with Crippen LogP contribution in [0.25, 0.3) is 0 Å². The molecule has 0 saturated carbocycles. The number of hydrogen-bond acceptors (Lipinski definition) is 12. The van der Waals surface area contributed by atoms with E-state index in [9.17, 15) is 32.3 Å². The first-order chi connectivity index (χ1) is 24.2. The van der Waals surface area contributed by atoms with Gasteiger partial charge in [0.15, 0.2) is 12.2 Å². The fraction of sp³-hybridized carbons (Fsp3) is 0.457. The van der Waals surface area contributed by atoms with Gasteiger partial charge < -0.3 is 33.2 Å². The van der Waals surface area contributed by atoms with Crippen molar-refractivity contribution in [3.05, 3.63) is 82.5 Å². The van der Waals surface area contributed by atoms with Gasteiger partial charge in [-0.1, -0.05) is 54.6 Å². The van der Waals surface area contributed by atoms with Crippen LogP contribution in [0.3, 0.4) is 0 Å². The lowest BCUT2D eigenvalue weighted by Crippen LogP contribution is -2.63. The number of aryl methyl sites for hydroxylation is 1. The number of halogens is 3. The van der Waals surface area contributed by atoms with Gasteiger partial charge in [-0.25, -0.2) is 0 Å². The van der Waals surface area contributed by atoms with Gasteiger partial charge in [0, 0.05) is 40.7 Å². The minimum absolute atomic E-state index is 0.285. The number of benzene rings is 2. The Labute approximate surface area is 291 Å². The molecule has 0 amide bonds. The quantitative estimate of drug-likeness (QED) is 0.132. The first-order valence-electron chi connectivity index (χ1n) is 16.0. The lowest BCUT2D eigenvalue weighted by atomic mass is 9.98. The molecule has 13 nitrogen and oxygen atoms in total. The van der Waals surface area contributed by atoms with Crippen LogP contribution >= 0.6 is 0 Å². The summed E-state index contributed by atoms with van der Waals surface area (Å²) in [5.74, 6) is -3.93. The van der Waals surface area contributed by atoms with Crippen molar-refractivity contribution in [3.63, 3.8) is 0 Å². The summed E-state index contributed by atoms with van der Waals surface area (Å²) in [4.78, 5) is 47.9. The number of aromatic amines is 1. The first kappa shape index (κ1) is 38.8. The molecular formula is C35H39F3N2O11. The highest BCUT2D eigenvalue weighted by atomic mass is 19.4. The van der Waals surface area contributed by atoms with E-state index in [1.54, 1.807) is 24.3 Å². The Bertz CT molecular complexity index is 1630. The second-order valence-electron chi connectivity index (χ2n) is 11.7. The van der Waals surface area contributed by atoms with Gasteiger partial charge in [-0.3, -0.25) is 24.3 Å². The van der Waals surface area contributed by atoms with Gasteiger partial charge in [0.25, 0.3) is 0 Å². The van der Waals surface area contributed by atoms with E-state index in [2.05, 4.69) is 5.10 Å². The van der Waals surface area contributed by atoms with E-state index in [4.69, 9.17) is 33.2 Å². The number of H-pyrrole nitrogens is 1. The molecule has 0 aliphatic carbocycles. The van der Waals surface area contributed by atoms with E-state index >= 15 is 0 Å². The van der Waals surface area contributed by atoms with Gasteiger partial charge in [0.2, 0.25) is 18.3 Å². The van der Waals surface area contributed by atoms with Crippen molar-refractivity contribution in [2.24, 2.45) is 0 Å². The van der Waals surface area contributed by atoms with Gasteiger partial charge in [-0.2, -0.15) is 13.2 Å². The standard InChI is InChI=1S/C35H39F3N2O11/c1-20(41)46-19-28-29(47-21(2)42)30(48-22(3)43)31(49-23(4)44)34(50-28)51-33-27(32(39-40-33)35(36,37)38)17-25-14-12-24(13-15-25)11-8-16-45-18-26-9-6-5-7-10-26/h5-7,9-10,12-15,28-31,34H,8,11,16-19H2,1-4H3,(H,39,40)/t28-,29-,30+,31-,34+/m1/s1. The SMILES string of the molecule is CC(=O)OC[C@H]1O[C@@H](Oc2n[nH]c(C(F)(F)F)c2Cc2ccc(CCCOCc3ccccc3)cc2)[C@H](OC(C)=O)[C@@H](OC(C)=O)[C@@H]1OC(C)=O. The highest BCUT2D eigenvalue weighted by Crippen LogP contribution is 2.38. The van der Waals surface area contributed by atoms with Crippen LogP contribution in [0.5, 0.6) is 5.88 Å². The lowest BCUT2D eigenvalue weighted by molar-refractivity contribution is -0.289. The Morgan fingerprint density at radius 2 is 1.39 bits per heavy atom. The zero-order valence-electron chi connectivity index (χ0n) is 28.4. The molecular weight excluding hydrogens is 681 g/mol. The number of hydrogen-bond donors (Lipinski definition) is 1. The topological polar surface area (TPSA) is 162 Å². The molecule has 16 heteroatoms. The van der Waals surface area contributed by atoms with Crippen LogP contribution in [-0.4, -0.2) is 78.0 Å².